The number of aliphatic carboxylic acids is 1. The normalized spacial score (nSPS) is 11.9. The monoisotopic (exact) mass is 2230 g/mol. The molecule has 43 heteroatoms. The molecular formula is C107H92Cl3F11N16O12Sn. The number of esters is 2. The fraction of sp³-hybridized carbons (Fsp3) is 0.206. The largest absolute Gasteiger partial charge is 0.497 e. The molecule has 0 fully saturated rings. The molecule has 0 spiro atoms. The minimum absolute atomic E-state index is 0.0690. The van der Waals surface area contributed by atoms with Crippen LogP contribution < -0.4 is 8.45 Å². The molecule has 0 saturated carbocycles. The minimum atomic E-state index is -5.08. The molecule has 774 valence electrons. The maximum atomic E-state index is 13.5. The number of carbonyl (C=O) groups excluding carboxylic acids is 4. The van der Waals surface area contributed by atoms with Gasteiger partial charge in [0.2, 0.25) is 5.78 Å². The van der Waals surface area contributed by atoms with Gasteiger partial charge < -0.3 is 29.6 Å². The molecule has 0 saturated heterocycles. The Kier molecular flexibility index (Phi) is 40.1. The quantitative estimate of drug-likeness (QED) is 0.0111. The van der Waals surface area contributed by atoms with Crippen molar-refractivity contribution in [2.75, 3.05) is 20.3 Å². The van der Waals surface area contributed by atoms with E-state index in [-0.39, 0.29) is 99.8 Å². The summed E-state index contributed by atoms with van der Waals surface area (Å²) in [5.74, 6) is -7.22. The van der Waals surface area contributed by atoms with Crippen LogP contribution in [0.25, 0.3) is 98.8 Å². The van der Waals surface area contributed by atoms with Gasteiger partial charge in [-0.25, -0.2) is 64.6 Å². The van der Waals surface area contributed by atoms with Crippen molar-refractivity contribution in [1.29, 1.82) is 0 Å². The fourth-order valence-corrected chi connectivity index (χ4v) is 31.8. The molecule has 0 aliphatic heterocycles. The second-order valence-electron chi connectivity index (χ2n) is 33.4. The van der Waals surface area contributed by atoms with Crippen molar-refractivity contribution in [1.82, 2.24) is 75.7 Å². The van der Waals surface area contributed by atoms with E-state index in [2.05, 4.69) is 98.0 Å². The van der Waals surface area contributed by atoms with Gasteiger partial charge in [-0.3, -0.25) is 24.5 Å². The van der Waals surface area contributed by atoms with E-state index in [1.54, 1.807) is 117 Å². The van der Waals surface area contributed by atoms with Crippen LogP contribution in [0.1, 0.15) is 148 Å². The van der Waals surface area contributed by atoms with Crippen molar-refractivity contribution in [3.8, 4) is 39.9 Å². The van der Waals surface area contributed by atoms with Crippen LogP contribution in [0, 0.1) is 46.5 Å². The van der Waals surface area contributed by atoms with Gasteiger partial charge in [-0.1, -0.05) is 99.8 Å². The molecule has 9 aromatic heterocycles. The van der Waals surface area contributed by atoms with Crippen molar-refractivity contribution in [3.05, 3.63) is 344 Å². The van der Waals surface area contributed by atoms with E-state index in [0.29, 0.717) is 90.0 Å². The number of carbonyl (C=O) groups is 6. The van der Waals surface area contributed by atoms with E-state index in [4.69, 9.17) is 74.2 Å². The van der Waals surface area contributed by atoms with Crippen LogP contribution in [0.5, 0.6) is 5.75 Å². The number of unbranched alkanes of at least 4 members (excludes halogenated alkanes) is 3. The predicted octanol–water partition coefficient (Wildman–Crippen LogP) is 25.2. The van der Waals surface area contributed by atoms with Crippen molar-refractivity contribution in [2.45, 2.75) is 118 Å². The second-order valence-corrected chi connectivity index (χ2v) is 47.6. The molecule has 0 radical (unpaired) electrons. The zero-order valence-corrected chi connectivity index (χ0v) is 85.8. The Balaban J connectivity index is 0.000000153. The average Bonchev–Trinajstić information content (AvgIpc) is 1.73. The number of methoxy groups -OCH3 is 1. The van der Waals surface area contributed by atoms with Crippen molar-refractivity contribution in [2.24, 2.45) is 5.16 Å². The van der Waals surface area contributed by atoms with Gasteiger partial charge >= 0.3 is 181 Å². The van der Waals surface area contributed by atoms with Crippen LogP contribution in [0.4, 0.5) is 48.3 Å². The second kappa shape index (κ2) is 53.2. The SMILES string of the molecule is CCC[CH2][Sn]([CH2]CCC)([CH2]CCC)[c]1cc2ccc(F)cc2cn1.CCOC(=O)c1n[nH]nc1-c1cc2ccc(F)cc2cn1.CCOC(=O)c1nnn(Cc2ccc(OC)cc2)c1-c1cc2ccc(F)cc2cn1.Fc1ccc2cc(Cl)nc(Cl)c2c1.Fc1ccc2cc(Cl)ncc2c1.O=C(O)C(F)(F)F.O=C(O)c1n[nH]nc1-c1cc2ccc(F)cc2cn1.O=C1/C(=N/O)Cc2ccc(F)cc21.O=C1CCc2ccc(F)cc21. The molecule has 2 aliphatic carbocycles. The zero-order chi connectivity index (χ0) is 108. The number of aryl methyl sites for hydroxylation is 1. The van der Waals surface area contributed by atoms with Gasteiger partial charge in [0.25, 0.3) is 0 Å². The summed E-state index contributed by atoms with van der Waals surface area (Å²) < 4.78 is 158. The van der Waals surface area contributed by atoms with E-state index in [0.717, 1.165) is 72.5 Å². The summed E-state index contributed by atoms with van der Waals surface area (Å²) in [6.07, 6.45) is 12.4. The predicted molar refractivity (Wildman–Crippen MR) is 547 cm³/mol. The third-order valence-corrected chi connectivity index (χ3v) is 38.9. The van der Waals surface area contributed by atoms with Crippen molar-refractivity contribution >= 4 is 163 Å². The first-order chi connectivity index (χ1) is 71.9. The standard InChI is InChI=1S/C22H19FN4O3.C14H11FN4O2.C12H7FN4O2.C9H4Cl2FN.C9H5ClFN.C9H6FNO2.C9H5FN.C9H7FO.3C4H9.C2HF3O2.Sn/c1-3-30-22(28)20-21(19-11-15-6-7-17(23)10-16(15)12-24-19)27(26-25-20)13-14-4-8-18(29-2)9-5-14;1-2-21-14(20)13-12(17-19-18-13)11-6-8-3-4-10(15)5-9(8)7-16-11;13-8-2-1-6-4-9(14-5-7(6)3-8)10-11(12(18)19)16-17-15-10;10-8-3-5-1-2-6(12)4-7(5)9(11)13-8;10-9-4-6-1-2-8(11)3-7(6)5-12-9;10-6-2-1-5-3-8(11-13)9(12)7(5)4-6;10-9-2-1-7-3-4-11-6-8(7)5-9;10-7-3-1-6-2-4-9(11)8(6)5-7;3*1-3-4-2;3-2(4,5)1(6)7;/h4-12H,3,13H2,1-2H3;3-7H,2H2,1H3,(H,17,18,19);1-5H,(H,18,19)(H,15,16,17);1-4H;1-5H;1-2,4,13H,3H2;1-3,5-6H;1,3,5H,2,4H2;3*1,3-4H2,2H3;(H,6,7);/b;;;;;11-8+;;;;;;;. The Bertz CT molecular complexity index is 7890. The number of carboxylic acids is 2. The number of pyridine rings is 6. The number of H-pyrrole nitrogens is 2. The number of nitrogens with one attached hydrogen (secondary N) is 2. The maximum Gasteiger partial charge on any atom is 0.490 e. The molecule has 28 nitrogen and oxygen atoms in total. The summed E-state index contributed by atoms with van der Waals surface area (Å²) in [6, 6.07) is 53.7. The summed E-state index contributed by atoms with van der Waals surface area (Å²) in [7, 11) is 1.60. The van der Waals surface area contributed by atoms with Crippen molar-refractivity contribution in [3.63, 3.8) is 0 Å². The molecule has 2 aliphatic rings. The third kappa shape index (κ3) is 30.3. The van der Waals surface area contributed by atoms with Crippen LogP contribution in [0.2, 0.25) is 28.8 Å². The molecule has 0 atom stereocenters. The van der Waals surface area contributed by atoms with Crippen LogP contribution in [-0.4, -0.2) is 177 Å². The Morgan fingerprint density at radius 1 is 0.453 bits per heavy atom. The van der Waals surface area contributed by atoms with Gasteiger partial charge in [0, 0.05) is 75.7 Å². The summed E-state index contributed by atoms with van der Waals surface area (Å²) >= 11 is 14.6. The zero-order valence-electron chi connectivity index (χ0n) is 80.7. The maximum absolute atomic E-state index is 13.5. The van der Waals surface area contributed by atoms with Crippen LogP contribution >= 0.6 is 34.8 Å². The Labute approximate surface area is 867 Å². The molecule has 5 N–H and O–H groups in total. The number of carboxylic acid groups (broad SMARTS) is 2. The van der Waals surface area contributed by atoms with Gasteiger partial charge in [-0.2, -0.15) is 33.8 Å². The molecule has 0 bridgehead atoms. The van der Waals surface area contributed by atoms with Gasteiger partial charge in [0.05, 0.1) is 44.0 Å². The summed E-state index contributed by atoms with van der Waals surface area (Å²) in [5.41, 5.74) is 5.76. The first-order valence-corrected chi connectivity index (χ1v) is 55.0. The first-order valence-electron chi connectivity index (χ1n) is 46.4. The molecule has 150 heavy (non-hydrogen) atoms. The van der Waals surface area contributed by atoms with Gasteiger partial charge in [-0.15, -0.1) is 15.3 Å². The minimum Gasteiger partial charge on any atom is -0.497 e. The number of ether oxygens (including phenoxy) is 3. The number of fused-ring (bicyclic) bond motifs is 8. The fourth-order valence-electron chi connectivity index (χ4n) is 15.7. The van der Waals surface area contributed by atoms with E-state index in [1.807, 2.05) is 36.5 Å². The van der Waals surface area contributed by atoms with Crippen molar-refractivity contribution < 1.29 is 107 Å². The van der Waals surface area contributed by atoms with Gasteiger partial charge in [-0.05, 0) is 191 Å². The molecule has 9 heterocycles. The number of aromatic amines is 2. The van der Waals surface area contributed by atoms with E-state index in [9.17, 15) is 72.3 Å². The third-order valence-electron chi connectivity index (χ3n) is 23.2. The number of halogens is 14. The summed E-state index contributed by atoms with van der Waals surface area (Å²) in [5, 5.41) is 65.7. The van der Waals surface area contributed by atoms with E-state index < -0.39 is 60.0 Å². The van der Waals surface area contributed by atoms with E-state index >= 15 is 0 Å². The van der Waals surface area contributed by atoms with E-state index in [1.165, 1.54) is 153 Å². The molecule has 0 amide bonds. The number of alkyl halides is 3. The average molecular weight is 2230 g/mol. The number of oxime groups is 1. The van der Waals surface area contributed by atoms with Crippen LogP contribution in [0.3, 0.4) is 0 Å². The number of nitrogens with zero attached hydrogens (tertiary/aromatic N) is 14. The number of ketones is 2. The Hall–Kier alpha value is -15.8. The number of aromatic carboxylic acids is 1. The number of hydrogen-bond acceptors (Lipinski definition) is 23. The number of hydrogen-bond donors (Lipinski definition) is 5. The van der Waals surface area contributed by atoms with Gasteiger partial charge in [0.1, 0.15) is 84.7 Å². The Morgan fingerprint density at radius 3 is 1.35 bits per heavy atom. The topological polar surface area (TPSA) is 394 Å². The molecule has 18 aromatic rings. The number of rotatable bonds is 21. The number of benzene rings is 9. The van der Waals surface area contributed by atoms with Crippen LogP contribution in [-0.2, 0) is 33.7 Å². The Morgan fingerprint density at radius 2 is 0.867 bits per heavy atom. The summed E-state index contributed by atoms with van der Waals surface area (Å²) in [4.78, 5) is 91.8. The molecule has 0 unspecified atom stereocenters. The molecular weight excluding hydrogens is 2140 g/mol. The molecule has 20 rings (SSSR count). The molecule has 9 aromatic carbocycles. The summed E-state index contributed by atoms with van der Waals surface area (Å²) in [6.45, 7) is 11.2. The first kappa shape index (κ1) is 113. The number of aromatic nitrogens is 15. The smallest absolute Gasteiger partial charge is 0.490 e. The van der Waals surface area contributed by atoms with Crippen LogP contribution in [0.15, 0.2) is 242 Å². The number of Topliss-reactive ketones (excluding diaryl/α,β-unsaturated/α-hetero) is 2. The van der Waals surface area contributed by atoms with Gasteiger partial charge in [0.15, 0.2) is 22.9 Å².